The Bertz CT molecular complexity index is 680. The van der Waals surface area contributed by atoms with Gasteiger partial charge in [-0.1, -0.05) is 12.1 Å². The Morgan fingerprint density at radius 2 is 2.15 bits per heavy atom. The van der Waals surface area contributed by atoms with Crippen LogP contribution in [0.15, 0.2) is 40.6 Å². The molecule has 0 spiro atoms. The maximum Gasteiger partial charge on any atom is 0.262 e. The Labute approximate surface area is 122 Å². The van der Waals surface area contributed by atoms with Crippen molar-refractivity contribution in [2.75, 3.05) is 11.8 Å². The monoisotopic (exact) mass is 312 g/mol. The zero-order valence-corrected chi connectivity index (χ0v) is 12.6. The van der Waals surface area contributed by atoms with Crippen molar-refractivity contribution < 1.29 is 13.2 Å². The third-order valence-corrected chi connectivity index (χ3v) is 5.10. The lowest BCUT2D eigenvalue weighted by atomic mass is 10.2. The van der Waals surface area contributed by atoms with Crippen molar-refractivity contribution >= 4 is 27.0 Å². The normalized spacial score (nSPS) is 11.5. The molecule has 108 valence electrons. The van der Waals surface area contributed by atoms with Crippen molar-refractivity contribution in [2.24, 2.45) is 5.73 Å². The summed E-state index contributed by atoms with van der Waals surface area (Å²) in [5, 5.41) is 1.59. The van der Waals surface area contributed by atoms with Crippen molar-refractivity contribution in [3.05, 3.63) is 46.2 Å². The van der Waals surface area contributed by atoms with Crippen molar-refractivity contribution in [1.82, 2.24) is 0 Å². The van der Waals surface area contributed by atoms with Crippen molar-refractivity contribution in [1.29, 1.82) is 0 Å². The summed E-state index contributed by atoms with van der Waals surface area (Å²) in [6, 6.07) is 8.69. The molecule has 3 N–H and O–H groups in total. The predicted octanol–water partition coefficient (Wildman–Crippen LogP) is 2.15. The summed E-state index contributed by atoms with van der Waals surface area (Å²) < 4.78 is 32.0. The fourth-order valence-corrected chi connectivity index (χ4v) is 3.92. The Kier molecular flexibility index (Phi) is 4.77. The number of thiophene rings is 1. The molecule has 0 saturated carbocycles. The lowest BCUT2D eigenvalue weighted by Crippen LogP contribution is -2.12. The van der Waals surface area contributed by atoms with Gasteiger partial charge in [0.1, 0.15) is 0 Å². The molecule has 20 heavy (non-hydrogen) atoms. The number of nitrogens with one attached hydrogen (secondary N) is 1. The SMILES string of the molecule is COCc1cccc(NS(=O)(=O)c2csc(CN)c2)c1. The van der Waals surface area contributed by atoms with Gasteiger partial charge in [-0.25, -0.2) is 8.42 Å². The van der Waals surface area contributed by atoms with Crippen LogP contribution in [-0.2, 0) is 27.9 Å². The van der Waals surface area contributed by atoms with Crippen LogP contribution in [-0.4, -0.2) is 15.5 Å². The van der Waals surface area contributed by atoms with Crippen molar-refractivity contribution in [3.8, 4) is 0 Å². The summed E-state index contributed by atoms with van der Waals surface area (Å²) in [7, 11) is -1.98. The summed E-state index contributed by atoms with van der Waals surface area (Å²) in [6.07, 6.45) is 0. The molecule has 0 atom stereocenters. The van der Waals surface area contributed by atoms with Crippen LogP contribution in [0, 0.1) is 0 Å². The standard InChI is InChI=1S/C13H16N2O3S2/c1-18-8-10-3-2-4-11(5-10)15-20(16,17)13-6-12(7-14)19-9-13/h2-6,9,15H,7-8,14H2,1H3. The lowest BCUT2D eigenvalue weighted by Gasteiger charge is -2.08. The molecule has 2 rings (SSSR count). The number of methoxy groups -OCH3 is 1. The van der Waals surface area contributed by atoms with Gasteiger partial charge < -0.3 is 10.5 Å². The third kappa shape index (κ3) is 3.57. The van der Waals surface area contributed by atoms with Gasteiger partial charge >= 0.3 is 0 Å². The lowest BCUT2D eigenvalue weighted by molar-refractivity contribution is 0.185. The maximum atomic E-state index is 12.2. The van der Waals surface area contributed by atoms with Gasteiger partial charge in [0.25, 0.3) is 10.0 Å². The van der Waals surface area contributed by atoms with Gasteiger partial charge in [0.2, 0.25) is 0 Å². The number of ether oxygens (including phenoxy) is 1. The molecule has 7 heteroatoms. The van der Waals surface area contributed by atoms with Gasteiger partial charge in [0.15, 0.2) is 0 Å². The van der Waals surface area contributed by atoms with E-state index in [0.717, 1.165) is 10.4 Å². The molecule has 1 heterocycles. The quantitative estimate of drug-likeness (QED) is 0.856. The number of hydrogen-bond donors (Lipinski definition) is 2. The fourth-order valence-electron chi connectivity index (χ4n) is 1.71. The second kappa shape index (κ2) is 6.36. The number of anilines is 1. The summed E-state index contributed by atoms with van der Waals surface area (Å²) in [5.41, 5.74) is 6.91. The third-order valence-electron chi connectivity index (χ3n) is 2.63. The first-order chi connectivity index (χ1) is 9.55. The van der Waals surface area contributed by atoms with E-state index in [1.807, 2.05) is 6.07 Å². The van der Waals surface area contributed by atoms with E-state index in [-0.39, 0.29) is 4.90 Å². The van der Waals surface area contributed by atoms with E-state index in [1.54, 1.807) is 36.8 Å². The van der Waals surface area contributed by atoms with Crippen LogP contribution in [0.3, 0.4) is 0 Å². The summed E-state index contributed by atoms with van der Waals surface area (Å²) >= 11 is 1.33. The van der Waals surface area contributed by atoms with E-state index in [0.29, 0.717) is 18.8 Å². The summed E-state index contributed by atoms with van der Waals surface area (Å²) in [6.45, 7) is 0.773. The molecule has 0 aliphatic carbocycles. The van der Waals surface area contributed by atoms with Crippen molar-refractivity contribution in [2.45, 2.75) is 18.0 Å². The van der Waals surface area contributed by atoms with Crippen LogP contribution in [0.5, 0.6) is 0 Å². The molecule has 0 fully saturated rings. The molecule has 2 aromatic rings. The first-order valence-electron chi connectivity index (χ1n) is 5.93. The van der Waals surface area contributed by atoms with Gasteiger partial charge in [-0.15, -0.1) is 11.3 Å². The minimum atomic E-state index is -3.57. The highest BCUT2D eigenvalue weighted by atomic mass is 32.2. The molecule has 0 aliphatic heterocycles. The minimum Gasteiger partial charge on any atom is -0.380 e. The van der Waals surface area contributed by atoms with Crippen LogP contribution in [0.1, 0.15) is 10.4 Å². The van der Waals surface area contributed by atoms with Crippen LogP contribution < -0.4 is 10.5 Å². The molecule has 0 amide bonds. The minimum absolute atomic E-state index is 0.236. The van der Waals surface area contributed by atoms with Gasteiger partial charge in [-0.2, -0.15) is 0 Å². The number of rotatable bonds is 6. The highest BCUT2D eigenvalue weighted by Crippen LogP contribution is 2.22. The van der Waals surface area contributed by atoms with E-state index in [1.165, 1.54) is 11.3 Å². The maximum absolute atomic E-state index is 12.2. The van der Waals surface area contributed by atoms with E-state index >= 15 is 0 Å². The molecule has 0 bridgehead atoms. The van der Waals surface area contributed by atoms with E-state index in [9.17, 15) is 8.42 Å². The highest BCUT2D eigenvalue weighted by molar-refractivity contribution is 7.92. The average Bonchev–Trinajstić information content (AvgIpc) is 2.88. The molecule has 0 saturated heterocycles. The zero-order valence-electron chi connectivity index (χ0n) is 11.0. The molecule has 5 nitrogen and oxygen atoms in total. The summed E-state index contributed by atoms with van der Waals surface area (Å²) in [4.78, 5) is 1.07. The Hall–Kier alpha value is -1.41. The van der Waals surface area contributed by atoms with Gasteiger partial charge in [0.05, 0.1) is 11.5 Å². The number of hydrogen-bond acceptors (Lipinski definition) is 5. The van der Waals surface area contributed by atoms with E-state index in [4.69, 9.17) is 10.5 Å². The molecule has 0 radical (unpaired) electrons. The molecule has 1 aromatic heterocycles. The van der Waals surface area contributed by atoms with E-state index in [2.05, 4.69) is 4.72 Å². The smallest absolute Gasteiger partial charge is 0.262 e. The Morgan fingerprint density at radius 3 is 2.80 bits per heavy atom. The van der Waals surface area contributed by atoms with Crippen LogP contribution in [0.2, 0.25) is 0 Å². The first kappa shape index (κ1) is 15.0. The molecular formula is C13H16N2O3S2. The zero-order chi connectivity index (χ0) is 14.6. The van der Waals surface area contributed by atoms with Crippen molar-refractivity contribution in [3.63, 3.8) is 0 Å². The topological polar surface area (TPSA) is 81.4 Å². The van der Waals surface area contributed by atoms with Crippen LogP contribution >= 0.6 is 11.3 Å². The number of nitrogens with two attached hydrogens (primary N) is 1. The molecule has 0 unspecified atom stereocenters. The summed E-state index contributed by atoms with van der Waals surface area (Å²) in [5.74, 6) is 0. The van der Waals surface area contributed by atoms with Crippen LogP contribution in [0.4, 0.5) is 5.69 Å². The Balaban J connectivity index is 2.21. The predicted molar refractivity (Wildman–Crippen MR) is 80.2 cm³/mol. The second-order valence-corrected chi connectivity index (χ2v) is 6.87. The first-order valence-corrected chi connectivity index (χ1v) is 8.29. The van der Waals surface area contributed by atoms with Gasteiger partial charge in [0, 0.05) is 29.6 Å². The average molecular weight is 312 g/mol. The van der Waals surface area contributed by atoms with Crippen LogP contribution in [0.25, 0.3) is 0 Å². The Morgan fingerprint density at radius 1 is 1.35 bits per heavy atom. The molecule has 0 aliphatic rings. The molecule has 1 aromatic carbocycles. The fraction of sp³-hybridized carbons (Fsp3) is 0.231. The largest absolute Gasteiger partial charge is 0.380 e. The van der Waals surface area contributed by atoms with E-state index < -0.39 is 10.0 Å². The van der Waals surface area contributed by atoms with Gasteiger partial charge in [-0.3, -0.25) is 4.72 Å². The molecular weight excluding hydrogens is 296 g/mol. The van der Waals surface area contributed by atoms with Gasteiger partial charge in [-0.05, 0) is 23.8 Å². The number of benzene rings is 1. The second-order valence-electron chi connectivity index (χ2n) is 4.19. The number of sulfonamides is 1. The highest BCUT2D eigenvalue weighted by Gasteiger charge is 2.16.